The second-order valence-corrected chi connectivity index (χ2v) is 8.99. The number of hydrogen-bond donors (Lipinski definition) is 1. The summed E-state index contributed by atoms with van der Waals surface area (Å²) in [6, 6.07) is 15.7. The quantitative estimate of drug-likeness (QED) is 0.232. The highest BCUT2D eigenvalue weighted by molar-refractivity contribution is 6.34. The Morgan fingerprint density at radius 1 is 1.05 bits per heavy atom. The van der Waals surface area contributed by atoms with E-state index in [4.69, 9.17) is 16.3 Å². The number of hydrogen-bond acceptors (Lipinski definition) is 6. The lowest BCUT2D eigenvalue weighted by molar-refractivity contribution is -0.193. The van der Waals surface area contributed by atoms with Crippen LogP contribution in [0.5, 0.6) is 11.8 Å². The third kappa shape index (κ3) is 6.10. The van der Waals surface area contributed by atoms with Crippen molar-refractivity contribution >= 4 is 34.6 Å². The molecule has 4 aromatic rings. The summed E-state index contributed by atoms with van der Waals surface area (Å²) in [5.41, 5.74) is 4.04. The van der Waals surface area contributed by atoms with Crippen LogP contribution in [-0.4, -0.2) is 47.1 Å². The number of esters is 2. The van der Waals surface area contributed by atoms with Crippen LogP contribution in [0.4, 0.5) is 13.2 Å². The number of ether oxygens (including phenoxy) is 2. The average Bonchev–Trinajstić information content (AvgIpc) is 3.20. The summed E-state index contributed by atoms with van der Waals surface area (Å²) in [7, 11) is 3.99. The first kappa shape index (κ1) is 26.2. The van der Waals surface area contributed by atoms with Crippen LogP contribution in [0.3, 0.4) is 0 Å². The molecule has 1 aromatic heterocycles. The number of H-pyrrole nitrogens is 1. The lowest BCUT2D eigenvalue weighted by Gasteiger charge is -2.10. The summed E-state index contributed by atoms with van der Waals surface area (Å²) in [4.78, 5) is 32.6. The fourth-order valence-corrected chi connectivity index (χ4v) is 3.90. The van der Waals surface area contributed by atoms with Gasteiger partial charge in [-0.3, -0.25) is 0 Å². The fraction of sp³-hybridized carbons (Fsp3) is 0.192. The van der Waals surface area contributed by atoms with E-state index in [1.165, 1.54) is 25.1 Å². The van der Waals surface area contributed by atoms with Crippen molar-refractivity contribution in [3.63, 3.8) is 0 Å². The molecule has 11 heteroatoms. The number of carbonyl (C=O) groups excluding carboxylic acids is 2. The summed E-state index contributed by atoms with van der Waals surface area (Å²) >= 11 is 6.52. The van der Waals surface area contributed by atoms with Crippen LogP contribution in [0.15, 0.2) is 54.6 Å². The summed E-state index contributed by atoms with van der Waals surface area (Å²) in [5.74, 6) is -3.94. The first-order valence-corrected chi connectivity index (χ1v) is 11.3. The lowest BCUT2D eigenvalue weighted by atomic mass is 10.0. The first-order valence-electron chi connectivity index (χ1n) is 11.0. The van der Waals surface area contributed by atoms with Crippen molar-refractivity contribution < 1.29 is 32.2 Å². The fourth-order valence-electron chi connectivity index (χ4n) is 3.62. The van der Waals surface area contributed by atoms with Crippen LogP contribution in [-0.2, 0) is 16.1 Å². The largest absolute Gasteiger partial charge is 0.491 e. The van der Waals surface area contributed by atoms with E-state index in [1.807, 2.05) is 44.4 Å². The molecule has 192 valence electrons. The van der Waals surface area contributed by atoms with Crippen LogP contribution >= 0.6 is 11.6 Å². The van der Waals surface area contributed by atoms with E-state index >= 15 is 0 Å². The van der Waals surface area contributed by atoms with Gasteiger partial charge in [-0.25, -0.2) is 9.59 Å². The number of aryl methyl sites for hydroxylation is 1. The van der Waals surface area contributed by atoms with Crippen molar-refractivity contribution in [3.05, 3.63) is 76.3 Å². The molecule has 0 aliphatic heterocycles. The molecule has 0 bridgehead atoms. The summed E-state index contributed by atoms with van der Waals surface area (Å²) in [6.07, 6.45) is -5.29. The SMILES string of the molecule is Cc1ccc(Oc2nc3cc(-c4ccc(CN(C)C)cc4)c(Cl)cc3[nH]2)cc1C(=O)OC(=O)C(F)(F)F. The molecule has 0 aliphatic carbocycles. The Hall–Kier alpha value is -3.89. The zero-order chi connectivity index (χ0) is 26.9. The highest BCUT2D eigenvalue weighted by Gasteiger charge is 2.42. The maximum atomic E-state index is 12.4. The molecule has 0 atom stereocenters. The van der Waals surface area contributed by atoms with Crippen molar-refractivity contribution in [2.45, 2.75) is 19.6 Å². The minimum absolute atomic E-state index is 0.0686. The maximum absolute atomic E-state index is 12.4. The number of rotatable bonds is 6. The normalized spacial score (nSPS) is 11.7. The molecule has 0 aliphatic rings. The van der Waals surface area contributed by atoms with E-state index in [0.717, 1.165) is 23.2 Å². The zero-order valence-electron chi connectivity index (χ0n) is 19.9. The van der Waals surface area contributed by atoms with Crippen LogP contribution in [0, 0.1) is 6.92 Å². The maximum Gasteiger partial charge on any atom is 0.491 e. The second-order valence-electron chi connectivity index (χ2n) is 8.58. The molecule has 0 radical (unpaired) electrons. The van der Waals surface area contributed by atoms with Gasteiger partial charge >= 0.3 is 18.1 Å². The van der Waals surface area contributed by atoms with E-state index in [2.05, 4.69) is 19.6 Å². The van der Waals surface area contributed by atoms with E-state index in [-0.39, 0.29) is 17.3 Å². The number of benzene rings is 3. The van der Waals surface area contributed by atoms with Gasteiger partial charge in [-0.15, -0.1) is 0 Å². The molecular formula is C26H21ClF3N3O4. The molecule has 1 N–H and O–H groups in total. The lowest BCUT2D eigenvalue weighted by Crippen LogP contribution is -2.28. The number of nitrogens with zero attached hydrogens (tertiary/aromatic N) is 2. The first-order chi connectivity index (χ1) is 17.4. The van der Waals surface area contributed by atoms with Crippen molar-refractivity contribution in [1.29, 1.82) is 0 Å². The van der Waals surface area contributed by atoms with Gasteiger partial charge in [-0.05, 0) is 62.0 Å². The van der Waals surface area contributed by atoms with Crippen molar-refractivity contribution in [1.82, 2.24) is 14.9 Å². The van der Waals surface area contributed by atoms with Crippen LogP contribution in [0.2, 0.25) is 5.02 Å². The van der Waals surface area contributed by atoms with Gasteiger partial charge in [-0.1, -0.05) is 41.9 Å². The van der Waals surface area contributed by atoms with Gasteiger partial charge in [0.15, 0.2) is 0 Å². The van der Waals surface area contributed by atoms with E-state index in [1.54, 1.807) is 6.07 Å². The molecule has 0 saturated heterocycles. The summed E-state index contributed by atoms with van der Waals surface area (Å²) in [6.45, 7) is 2.29. The average molecular weight is 532 g/mol. The molecule has 1 heterocycles. The number of nitrogens with one attached hydrogen (secondary N) is 1. The Balaban J connectivity index is 1.57. The van der Waals surface area contributed by atoms with Crippen molar-refractivity contribution in [2.24, 2.45) is 0 Å². The van der Waals surface area contributed by atoms with Gasteiger partial charge in [-0.2, -0.15) is 18.2 Å². The summed E-state index contributed by atoms with van der Waals surface area (Å²) in [5, 5.41) is 0.498. The molecule has 0 saturated carbocycles. The third-order valence-corrected chi connectivity index (χ3v) is 5.69. The second kappa shape index (κ2) is 10.2. The molecule has 4 rings (SSSR count). The minimum atomic E-state index is -5.29. The van der Waals surface area contributed by atoms with Gasteiger partial charge in [0.05, 0.1) is 21.6 Å². The Morgan fingerprint density at radius 3 is 2.41 bits per heavy atom. The monoisotopic (exact) mass is 531 g/mol. The molecule has 7 nitrogen and oxygen atoms in total. The Labute approximate surface area is 214 Å². The number of imidazole rings is 1. The molecule has 0 fully saturated rings. The standard InChI is InChI=1S/C26H21ClF3N3O4/c1-14-4-9-17(10-18(14)23(34)37-24(35)26(28,29)30)36-25-31-21-11-19(20(27)12-22(21)32-25)16-7-5-15(6-8-16)13-33(2)3/h4-12H,13H2,1-3H3,(H,31,32). The number of aromatic amines is 1. The van der Waals surface area contributed by atoms with E-state index in [0.29, 0.717) is 21.6 Å². The van der Waals surface area contributed by atoms with Gasteiger partial charge in [0.2, 0.25) is 0 Å². The zero-order valence-corrected chi connectivity index (χ0v) is 20.7. The van der Waals surface area contributed by atoms with Gasteiger partial charge in [0.25, 0.3) is 6.01 Å². The highest BCUT2D eigenvalue weighted by atomic mass is 35.5. The molecule has 0 unspecified atom stereocenters. The van der Waals surface area contributed by atoms with Crippen molar-refractivity contribution in [3.8, 4) is 22.9 Å². The Kier molecular flexibility index (Phi) is 7.24. The van der Waals surface area contributed by atoms with Crippen LogP contribution < -0.4 is 4.74 Å². The summed E-state index contributed by atoms with van der Waals surface area (Å²) < 4.78 is 47.0. The Morgan fingerprint density at radius 2 is 1.76 bits per heavy atom. The van der Waals surface area contributed by atoms with Gasteiger partial charge < -0.3 is 19.4 Å². The molecule has 0 amide bonds. The van der Waals surface area contributed by atoms with Crippen LogP contribution in [0.25, 0.3) is 22.2 Å². The predicted molar refractivity (Wildman–Crippen MR) is 132 cm³/mol. The molecular weight excluding hydrogens is 511 g/mol. The molecule has 37 heavy (non-hydrogen) atoms. The molecule has 3 aromatic carbocycles. The minimum Gasteiger partial charge on any atom is -0.426 e. The smallest absolute Gasteiger partial charge is 0.426 e. The number of aromatic nitrogens is 2. The Bertz CT molecular complexity index is 1480. The number of carbonyl (C=O) groups is 2. The van der Waals surface area contributed by atoms with Gasteiger partial charge in [0, 0.05) is 12.1 Å². The van der Waals surface area contributed by atoms with Crippen LogP contribution in [0.1, 0.15) is 21.5 Å². The highest BCUT2D eigenvalue weighted by Crippen LogP contribution is 2.33. The van der Waals surface area contributed by atoms with Gasteiger partial charge in [0.1, 0.15) is 5.75 Å². The predicted octanol–water partition coefficient (Wildman–Crippen LogP) is 6.29. The van der Waals surface area contributed by atoms with Crippen molar-refractivity contribution in [2.75, 3.05) is 14.1 Å². The van der Waals surface area contributed by atoms with E-state index in [9.17, 15) is 22.8 Å². The number of fused-ring (bicyclic) bond motifs is 1. The molecule has 0 spiro atoms. The number of alkyl halides is 3. The number of halogens is 4. The van der Waals surface area contributed by atoms with E-state index < -0.39 is 18.1 Å². The topological polar surface area (TPSA) is 84.5 Å². The third-order valence-electron chi connectivity index (χ3n) is 5.37.